The molecule has 0 fully saturated rings. The molecule has 23 heavy (non-hydrogen) atoms. The second-order valence-electron chi connectivity index (χ2n) is 5.60. The van der Waals surface area contributed by atoms with Crippen molar-refractivity contribution >= 4 is 17.5 Å². The molecule has 7 nitrogen and oxygen atoms in total. The molecule has 7 heteroatoms. The van der Waals surface area contributed by atoms with Crippen LogP contribution in [0.15, 0.2) is 24.4 Å². The Morgan fingerprint density at radius 3 is 2.65 bits per heavy atom. The smallest absolute Gasteiger partial charge is 0.305 e. The SMILES string of the molecule is CCN(CCC(=O)O)C(=O)c1nc2ccccn2c1CN(C)C. The summed E-state index contributed by atoms with van der Waals surface area (Å²) in [7, 11) is 3.86. The second-order valence-corrected chi connectivity index (χ2v) is 5.60. The molecule has 2 aromatic rings. The molecule has 0 aliphatic carbocycles. The van der Waals surface area contributed by atoms with E-state index in [1.807, 2.05) is 54.7 Å². The van der Waals surface area contributed by atoms with Crippen molar-refractivity contribution in [3.05, 3.63) is 35.8 Å². The summed E-state index contributed by atoms with van der Waals surface area (Å²) < 4.78 is 1.90. The van der Waals surface area contributed by atoms with Crippen LogP contribution in [0.3, 0.4) is 0 Å². The minimum atomic E-state index is -0.917. The third kappa shape index (κ3) is 3.87. The fraction of sp³-hybridized carbons (Fsp3) is 0.438. The highest BCUT2D eigenvalue weighted by Crippen LogP contribution is 2.16. The van der Waals surface area contributed by atoms with Gasteiger partial charge in [-0.2, -0.15) is 0 Å². The van der Waals surface area contributed by atoms with E-state index in [4.69, 9.17) is 5.11 Å². The number of fused-ring (bicyclic) bond motifs is 1. The number of rotatable bonds is 7. The van der Waals surface area contributed by atoms with Gasteiger partial charge in [-0.1, -0.05) is 6.07 Å². The van der Waals surface area contributed by atoms with Gasteiger partial charge in [-0.3, -0.25) is 9.59 Å². The Hall–Kier alpha value is -2.41. The standard InChI is InChI=1S/C16H22N4O3/c1-4-19(10-8-14(21)22)16(23)15-12(11-18(2)3)20-9-6-5-7-13(20)17-15/h5-7,9H,4,8,10-11H2,1-3H3,(H,21,22). The maximum absolute atomic E-state index is 12.8. The number of pyridine rings is 1. The van der Waals surface area contributed by atoms with Crippen molar-refractivity contribution in [2.75, 3.05) is 27.2 Å². The monoisotopic (exact) mass is 318 g/mol. The lowest BCUT2D eigenvalue weighted by Crippen LogP contribution is -2.34. The highest BCUT2D eigenvalue weighted by Gasteiger charge is 2.23. The van der Waals surface area contributed by atoms with Crippen LogP contribution in [0.1, 0.15) is 29.5 Å². The van der Waals surface area contributed by atoms with Gasteiger partial charge in [0.1, 0.15) is 5.65 Å². The quantitative estimate of drug-likeness (QED) is 0.833. The number of amides is 1. The number of carboxylic acids is 1. The number of aliphatic carboxylic acids is 1. The Balaban J connectivity index is 2.39. The van der Waals surface area contributed by atoms with E-state index in [0.29, 0.717) is 24.4 Å². The first kappa shape index (κ1) is 17.0. The van der Waals surface area contributed by atoms with E-state index in [1.54, 1.807) is 0 Å². The summed E-state index contributed by atoms with van der Waals surface area (Å²) >= 11 is 0. The molecule has 0 aliphatic rings. The maximum Gasteiger partial charge on any atom is 0.305 e. The molecule has 124 valence electrons. The lowest BCUT2D eigenvalue weighted by molar-refractivity contribution is -0.137. The number of aromatic nitrogens is 2. The maximum atomic E-state index is 12.8. The molecule has 0 unspecified atom stereocenters. The van der Waals surface area contributed by atoms with E-state index in [0.717, 1.165) is 5.69 Å². The first-order chi connectivity index (χ1) is 10.9. The van der Waals surface area contributed by atoms with Crippen molar-refractivity contribution in [2.24, 2.45) is 0 Å². The predicted octanol–water partition coefficient (Wildman–Crippen LogP) is 1.33. The van der Waals surface area contributed by atoms with Gasteiger partial charge < -0.3 is 19.3 Å². The van der Waals surface area contributed by atoms with E-state index in [1.165, 1.54) is 4.90 Å². The molecule has 1 N–H and O–H groups in total. The van der Waals surface area contributed by atoms with Crippen LogP contribution in [-0.2, 0) is 11.3 Å². The number of imidazole rings is 1. The topological polar surface area (TPSA) is 78.1 Å². The van der Waals surface area contributed by atoms with Crippen LogP contribution in [0.2, 0.25) is 0 Å². The number of carboxylic acid groups (broad SMARTS) is 1. The molecule has 1 amide bonds. The average molecular weight is 318 g/mol. The van der Waals surface area contributed by atoms with Gasteiger partial charge in [0.05, 0.1) is 12.1 Å². The summed E-state index contributed by atoms with van der Waals surface area (Å²) in [6.07, 6.45) is 1.81. The number of carbonyl (C=O) groups is 2. The van der Waals surface area contributed by atoms with Crippen LogP contribution in [-0.4, -0.2) is 63.4 Å². The van der Waals surface area contributed by atoms with Crippen molar-refractivity contribution in [3.63, 3.8) is 0 Å². The summed E-state index contributed by atoms with van der Waals surface area (Å²) in [6, 6.07) is 5.62. The average Bonchev–Trinajstić information content (AvgIpc) is 2.85. The van der Waals surface area contributed by atoms with Crippen LogP contribution < -0.4 is 0 Å². The van der Waals surface area contributed by atoms with Crippen LogP contribution in [0.4, 0.5) is 0 Å². The molecule has 0 aromatic carbocycles. The molecule has 0 radical (unpaired) electrons. The van der Waals surface area contributed by atoms with Crippen LogP contribution >= 0.6 is 0 Å². The van der Waals surface area contributed by atoms with Crippen molar-refractivity contribution in [2.45, 2.75) is 19.9 Å². The molecule has 0 saturated heterocycles. The van der Waals surface area contributed by atoms with Gasteiger partial charge in [-0.25, -0.2) is 4.98 Å². The third-order valence-electron chi connectivity index (χ3n) is 3.56. The number of hydrogen-bond acceptors (Lipinski definition) is 4. The molecule has 2 rings (SSSR count). The molecule has 2 heterocycles. The summed E-state index contributed by atoms with van der Waals surface area (Å²) in [6.45, 7) is 3.03. The van der Waals surface area contributed by atoms with E-state index in [-0.39, 0.29) is 18.9 Å². The lowest BCUT2D eigenvalue weighted by Gasteiger charge is -2.20. The van der Waals surface area contributed by atoms with Gasteiger partial charge in [0.25, 0.3) is 5.91 Å². The second kappa shape index (κ2) is 7.23. The Morgan fingerprint density at radius 2 is 2.04 bits per heavy atom. The fourth-order valence-corrected chi connectivity index (χ4v) is 2.45. The Kier molecular flexibility index (Phi) is 5.33. The Labute approximate surface area is 135 Å². The van der Waals surface area contributed by atoms with Gasteiger partial charge in [0, 0.05) is 25.8 Å². The van der Waals surface area contributed by atoms with Crippen LogP contribution in [0.5, 0.6) is 0 Å². The molecular formula is C16H22N4O3. The molecule has 0 spiro atoms. The van der Waals surface area contributed by atoms with Crippen molar-refractivity contribution in [3.8, 4) is 0 Å². The largest absolute Gasteiger partial charge is 0.481 e. The molecule has 2 aromatic heterocycles. The van der Waals surface area contributed by atoms with Crippen molar-refractivity contribution in [1.29, 1.82) is 0 Å². The first-order valence-electron chi connectivity index (χ1n) is 7.55. The summed E-state index contributed by atoms with van der Waals surface area (Å²) in [5, 5.41) is 8.83. The minimum Gasteiger partial charge on any atom is -0.481 e. The zero-order valence-electron chi connectivity index (χ0n) is 13.7. The van der Waals surface area contributed by atoms with Crippen molar-refractivity contribution < 1.29 is 14.7 Å². The van der Waals surface area contributed by atoms with Crippen LogP contribution in [0.25, 0.3) is 5.65 Å². The normalized spacial score (nSPS) is 11.1. The molecular weight excluding hydrogens is 296 g/mol. The number of carbonyl (C=O) groups excluding carboxylic acids is 1. The van der Waals surface area contributed by atoms with Gasteiger partial charge >= 0.3 is 5.97 Å². The summed E-state index contributed by atoms with van der Waals surface area (Å²) in [4.78, 5) is 31.5. The number of hydrogen-bond donors (Lipinski definition) is 1. The Morgan fingerprint density at radius 1 is 1.30 bits per heavy atom. The van der Waals surface area contributed by atoms with Gasteiger partial charge in [-0.05, 0) is 33.2 Å². The predicted molar refractivity (Wildman–Crippen MR) is 86.4 cm³/mol. The highest BCUT2D eigenvalue weighted by molar-refractivity contribution is 5.94. The van der Waals surface area contributed by atoms with E-state index < -0.39 is 5.97 Å². The molecule has 0 saturated carbocycles. The minimum absolute atomic E-state index is 0.0734. The zero-order chi connectivity index (χ0) is 17.0. The van der Waals surface area contributed by atoms with Crippen LogP contribution in [0, 0.1) is 0 Å². The third-order valence-corrected chi connectivity index (χ3v) is 3.56. The summed E-state index contributed by atoms with van der Waals surface area (Å²) in [5.74, 6) is -1.14. The Bertz CT molecular complexity index is 708. The van der Waals surface area contributed by atoms with E-state index in [9.17, 15) is 9.59 Å². The molecule has 0 bridgehead atoms. The number of nitrogens with zero attached hydrogens (tertiary/aromatic N) is 4. The van der Waals surface area contributed by atoms with Gasteiger partial charge in [0.2, 0.25) is 0 Å². The zero-order valence-corrected chi connectivity index (χ0v) is 13.7. The molecule has 0 aliphatic heterocycles. The first-order valence-corrected chi connectivity index (χ1v) is 7.55. The van der Waals surface area contributed by atoms with Gasteiger partial charge in [-0.15, -0.1) is 0 Å². The van der Waals surface area contributed by atoms with E-state index >= 15 is 0 Å². The van der Waals surface area contributed by atoms with E-state index in [2.05, 4.69) is 4.98 Å². The van der Waals surface area contributed by atoms with Crippen molar-refractivity contribution in [1.82, 2.24) is 19.2 Å². The fourth-order valence-electron chi connectivity index (χ4n) is 2.45. The van der Waals surface area contributed by atoms with Gasteiger partial charge in [0.15, 0.2) is 5.69 Å². The highest BCUT2D eigenvalue weighted by atomic mass is 16.4. The summed E-state index contributed by atoms with van der Waals surface area (Å²) in [5.41, 5.74) is 1.91. The molecule has 0 atom stereocenters. The lowest BCUT2D eigenvalue weighted by atomic mass is 10.2.